The fraction of sp³-hybridized carbons (Fsp3) is 0.294. The minimum Gasteiger partial charge on any atom is -0.370 e. The van der Waals surface area contributed by atoms with Crippen LogP contribution in [0.3, 0.4) is 0 Å². The molecule has 2 aromatic rings. The van der Waals surface area contributed by atoms with Crippen LogP contribution in [0.15, 0.2) is 54.6 Å². The topological polar surface area (TPSA) is 29.3 Å². The quantitative estimate of drug-likeness (QED) is 0.908. The number of para-hydroxylation sites is 1. The highest BCUT2D eigenvalue weighted by molar-refractivity contribution is 6.30. The summed E-state index contributed by atoms with van der Waals surface area (Å²) in [4.78, 5) is 2.25. The van der Waals surface area contributed by atoms with E-state index in [1.807, 2.05) is 30.3 Å². The Morgan fingerprint density at radius 2 is 1.65 bits per heavy atom. The molecule has 0 radical (unpaired) electrons. The van der Waals surface area contributed by atoms with Crippen molar-refractivity contribution in [3.8, 4) is 0 Å². The zero-order valence-corrected chi connectivity index (χ0v) is 12.7. The number of anilines is 1. The summed E-state index contributed by atoms with van der Waals surface area (Å²) in [6.07, 6.45) is 0.903. The molecule has 3 heteroatoms. The van der Waals surface area contributed by atoms with Crippen molar-refractivity contribution in [1.82, 2.24) is 0 Å². The highest BCUT2D eigenvalue weighted by Crippen LogP contribution is 2.19. The van der Waals surface area contributed by atoms with E-state index in [4.69, 9.17) is 17.3 Å². The summed E-state index contributed by atoms with van der Waals surface area (Å²) >= 11 is 5.93. The average Bonchev–Trinajstić information content (AvgIpc) is 2.46. The molecule has 0 aliphatic heterocycles. The lowest BCUT2D eigenvalue weighted by Crippen LogP contribution is -2.46. The molecule has 0 bridgehead atoms. The van der Waals surface area contributed by atoms with Crippen molar-refractivity contribution in [2.75, 3.05) is 11.9 Å². The molecule has 2 N–H and O–H groups in total. The molecular formula is C17H21ClN2. The van der Waals surface area contributed by atoms with Gasteiger partial charge in [0.1, 0.15) is 0 Å². The Morgan fingerprint density at radius 3 is 2.20 bits per heavy atom. The fourth-order valence-corrected chi connectivity index (χ4v) is 2.52. The predicted octanol–water partition coefficient (Wildman–Crippen LogP) is 3.73. The van der Waals surface area contributed by atoms with Crippen LogP contribution in [0.4, 0.5) is 5.69 Å². The van der Waals surface area contributed by atoms with E-state index in [2.05, 4.69) is 43.1 Å². The Kier molecular flexibility index (Phi) is 5.05. The van der Waals surface area contributed by atoms with Gasteiger partial charge in [-0.2, -0.15) is 0 Å². The van der Waals surface area contributed by atoms with Gasteiger partial charge in [-0.15, -0.1) is 0 Å². The van der Waals surface area contributed by atoms with Crippen LogP contribution in [0.25, 0.3) is 0 Å². The Bertz CT molecular complexity index is 522. The summed E-state index contributed by atoms with van der Waals surface area (Å²) in [7, 11) is 2.10. The van der Waals surface area contributed by atoms with E-state index in [0.717, 1.165) is 11.4 Å². The summed E-state index contributed by atoms with van der Waals surface area (Å²) in [6.45, 7) is 2.06. The first-order valence-electron chi connectivity index (χ1n) is 6.86. The lowest BCUT2D eigenvalue weighted by Gasteiger charge is -2.33. The third-order valence-corrected chi connectivity index (χ3v) is 3.88. The normalized spacial score (nSPS) is 13.8. The van der Waals surface area contributed by atoms with Gasteiger partial charge in [-0.1, -0.05) is 41.9 Å². The van der Waals surface area contributed by atoms with Gasteiger partial charge in [-0.3, -0.25) is 0 Å². The Hall–Kier alpha value is -1.51. The maximum atomic E-state index is 6.18. The summed E-state index contributed by atoms with van der Waals surface area (Å²) in [6, 6.07) is 18.7. The summed E-state index contributed by atoms with van der Waals surface area (Å²) in [5, 5.41) is 0.766. The molecule has 0 aliphatic rings. The molecule has 2 aromatic carbocycles. The van der Waals surface area contributed by atoms with E-state index in [0.29, 0.717) is 0 Å². The van der Waals surface area contributed by atoms with E-state index in [9.17, 15) is 0 Å². The van der Waals surface area contributed by atoms with Crippen molar-refractivity contribution >= 4 is 17.3 Å². The zero-order valence-electron chi connectivity index (χ0n) is 12.0. The summed E-state index contributed by atoms with van der Waals surface area (Å²) in [5.41, 5.74) is 8.62. The van der Waals surface area contributed by atoms with Gasteiger partial charge in [-0.25, -0.2) is 0 Å². The van der Waals surface area contributed by atoms with Crippen molar-refractivity contribution in [3.63, 3.8) is 0 Å². The maximum absolute atomic E-state index is 6.18. The van der Waals surface area contributed by atoms with Crippen LogP contribution in [-0.4, -0.2) is 19.1 Å². The monoisotopic (exact) mass is 288 g/mol. The molecule has 0 fully saturated rings. The molecule has 2 atom stereocenters. The van der Waals surface area contributed by atoms with E-state index < -0.39 is 0 Å². The second kappa shape index (κ2) is 6.78. The molecule has 0 saturated heterocycles. The first-order valence-corrected chi connectivity index (χ1v) is 7.23. The first-order chi connectivity index (χ1) is 9.58. The number of benzene rings is 2. The summed E-state index contributed by atoms with van der Waals surface area (Å²) < 4.78 is 0. The molecule has 2 nitrogen and oxygen atoms in total. The number of rotatable bonds is 5. The molecule has 0 saturated carbocycles. The van der Waals surface area contributed by atoms with Gasteiger partial charge in [0.05, 0.1) is 0 Å². The second-order valence-electron chi connectivity index (χ2n) is 5.20. The highest BCUT2D eigenvalue weighted by atomic mass is 35.5. The molecule has 0 heterocycles. The van der Waals surface area contributed by atoms with E-state index in [-0.39, 0.29) is 12.1 Å². The van der Waals surface area contributed by atoms with Crippen molar-refractivity contribution in [2.24, 2.45) is 5.73 Å². The van der Waals surface area contributed by atoms with Gasteiger partial charge in [0.2, 0.25) is 0 Å². The third kappa shape index (κ3) is 3.75. The van der Waals surface area contributed by atoms with Gasteiger partial charge < -0.3 is 10.6 Å². The van der Waals surface area contributed by atoms with Crippen molar-refractivity contribution in [1.29, 1.82) is 0 Å². The molecule has 106 valence electrons. The molecule has 0 spiro atoms. The molecule has 0 unspecified atom stereocenters. The Morgan fingerprint density at radius 1 is 1.05 bits per heavy atom. The Balaban J connectivity index is 2.17. The molecule has 0 amide bonds. The smallest absolute Gasteiger partial charge is 0.0475 e. The molecule has 20 heavy (non-hydrogen) atoms. The number of nitrogens with two attached hydrogens (primary N) is 1. The average molecular weight is 289 g/mol. The number of halogens is 1. The van der Waals surface area contributed by atoms with Gasteiger partial charge in [0, 0.05) is 29.8 Å². The van der Waals surface area contributed by atoms with Crippen molar-refractivity contribution in [2.45, 2.75) is 25.4 Å². The first kappa shape index (κ1) is 14.9. The largest absolute Gasteiger partial charge is 0.370 e. The van der Waals surface area contributed by atoms with Crippen LogP contribution >= 0.6 is 11.6 Å². The van der Waals surface area contributed by atoms with Crippen LogP contribution in [0.5, 0.6) is 0 Å². The van der Waals surface area contributed by atoms with Crippen LogP contribution in [-0.2, 0) is 6.42 Å². The lowest BCUT2D eigenvalue weighted by atomic mass is 9.99. The SMILES string of the molecule is C[C@H](N)[C@@H](Cc1ccc(Cl)cc1)N(C)c1ccccc1. The molecular weight excluding hydrogens is 268 g/mol. The third-order valence-electron chi connectivity index (χ3n) is 3.63. The highest BCUT2D eigenvalue weighted by Gasteiger charge is 2.19. The molecule has 2 rings (SSSR count). The predicted molar refractivity (Wildman–Crippen MR) is 87.4 cm³/mol. The fourth-order valence-electron chi connectivity index (χ4n) is 2.39. The maximum Gasteiger partial charge on any atom is 0.0475 e. The molecule has 0 aromatic heterocycles. The van der Waals surface area contributed by atoms with Crippen LogP contribution in [0.2, 0.25) is 5.02 Å². The van der Waals surface area contributed by atoms with E-state index in [1.54, 1.807) is 0 Å². The van der Waals surface area contributed by atoms with Gasteiger partial charge in [0.25, 0.3) is 0 Å². The lowest BCUT2D eigenvalue weighted by molar-refractivity contribution is 0.530. The van der Waals surface area contributed by atoms with Crippen LogP contribution < -0.4 is 10.6 Å². The standard InChI is InChI=1S/C17H21ClN2/c1-13(19)17(12-14-8-10-15(18)11-9-14)20(2)16-6-4-3-5-7-16/h3-11,13,17H,12,19H2,1-2H3/t13-,17+/m0/s1. The number of hydrogen-bond acceptors (Lipinski definition) is 2. The number of likely N-dealkylation sites (N-methyl/N-ethyl adjacent to an activating group) is 1. The van der Waals surface area contributed by atoms with Gasteiger partial charge in [-0.05, 0) is 43.2 Å². The van der Waals surface area contributed by atoms with Crippen molar-refractivity contribution < 1.29 is 0 Å². The minimum atomic E-state index is 0.0795. The minimum absolute atomic E-state index is 0.0795. The van der Waals surface area contributed by atoms with E-state index >= 15 is 0 Å². The van der Waals surface area contributed by atoms with Gasteiger partial charge >= 0.3 is 0 Å². The number of nitrogens with zero attached hydrogens (tertiary/aromatic N) is 1. The zero-order chi connectivity index (χ0) is 14.5. The summed E-state index contributed by atoms with van der Waals surface area (Å²) in [5.74, 6) is 0. The number of hydrogen-bond donors (Lipinski definition) is 1. The van der Waals surface area contributed by atoms with E-state index in [1.165, 1.54) is 11.3 Å². The second-order valence-corrected chi connectivity index (χ2v) is 5.64. The van der Waals surface area contributed by atoms with Crippen molar-refractivity contribution in [3.05, 3.63) is 65.2 Å². The molecule has 0 aliphatic carbocycles. The van der Waals surface area contributed by atoms with Crippen LogP contribution in [0, 0.1) is 0 Å². The Labute approximate surface area is 126 Å². The van der Waals surface area contributed by atoms with Crippen LogP contribution in [0.1, 0.15) is 12.5 Å². The van der Waals surface area contributed by atoms with Gasteiger partial charge in [0.15, 0.2) is 0 Å².